The summed E-state index contributed by atoms with van der Waals surface area (Å²) in [5.74, 6) is -0.214. The normalized spacial score (nSPS) is 10.2. The van der Waals surface area contributed by atoms with E-state index in [1.165, 1.54) is 19.2 Å². The quantitative estimate of drug-likeness (QED) is 0.752. The molecule has 0 aliphatic rings. The van der Waals surface area contributed by atoms with Crippen molar-refractivity contribution >= 4 is 52.1 Å². The van der Waals surface area contributed by atoms with Gasteiger partial charge < -0.3 is 10.1 Å². The SMILES string of the molecule is COc1c(Cl)cc(Cl)cc1C(=O)NC(=S)Nc1c(C)cccc1C. The van der Waals surface area contributed by atoms with Gasteiger partial charge in [0, 0.05) is 10.7 Å². The number of carbonyl (C=O) groups is 1. The van der Waals surface area contributed by atoms with Gasteiger partial charge >= 0.3 is 0 Å². The van der Waals surface area contributed by atoms with E-state index in [2.05, 4.69) is 10.6 Å². The van der Waals surface area contributed by atoms with Crippen LogP contribution in [0.2, 0.25) is 10.0 Å². The maximum atomic E-state index is 12.5. The van der Waals surface area contributed by atoms with E-state index in [-0.39, 0.29) is 21.4 Å². The average Bonchev–Trinajstić information content (AvgIpc) is 2.50. The van der Waals surface area contributed by atoms with Crippen LogP contribution in [0.5, 0.6) is 5.75 Å². The number of methoxy groups -OCH3 is 1. The predicted molar refractivity (Wildman–Crippen MR) is 103 cm³/mol. The standard InChI is InChI=1S/C17H16Cl2N2O2S/c1-9-5-4-6-10(2)14(9)20-17(24)21-16(22)12-7-11(18)8-13(19)15(12)23-3/h4-8H,1-3H3,(H2,20,21,22,24). The van der Waals surface area contributed by atoms with Crippen molar-refractivity contribution < 1.29 is 9.53 Å². The second-order valence-electron chi connectivity index (χ2n) is 5.14. The van der Waals surface area contributed by atoms with Crippen molar-refractivity contribution in [3.05, 3.63) is 57.1 Å². The van der Waals surface area contributed by atoms with Crippen molar-refractivity contribution in [1.82, 2.24) is 5.32 Å². The van der Waals surface area contributed by atoms with E-state index >= 15 is 0 Å². The molecule has 1 amide bonds. The number of hydrogen-bond donors (Lipinski definition) is 2. The molecule has 0 saturated heterocycles. The molecular weight excluding hydrogens is 367 g/mol. The van der Waals surface area contributed by atoms with Crippen LogP contribution in [0.1, 0.15) is 21.5 Å². The minimum absolute atomic E-state index is 0.176. The largest absolute Gasteiger partial charge is 0.494 e. The van der Waals surface area contributed by atoms with Crippen molar-refractivity contribution in [2.45, 2.75) is 13.8 Å². The molecule has 2 aromatic carbocycles. The lowest BCUT2D eigenvalue weighted by molar-refractivity contribution is 0.0975. The fraction of sp³-hybridized carbons (Fsp3) is 0.176. The molecule has 24 heavy (non-hydrogen) atoms. The molecule has 0 aromatic heterocycles. The maximum Gasteiger partial charge on any atom is 0.261 e. The van der Waals surface area contributed by atoms with Crippen molar-refractivity contribution in [2.24, 2.45) is 0 Å². The molecule has 7 heteroatoms. The van der Waals surface area contributed by atoms with Gasteiger partial charge in [0.2, 0.25) is 0 Å². The zero-order valence-corrected chi connectivity index (χ0v) is 15.7. The number of thiocarbonyl (C=S) groups is 1. The van der Waals surface area contributed by atoms with Crippen LogP contribution in [0.15, 0.2) is 30.3 Å². The fourth-order valence-corrected chi connectivity index (χ4v) is 3.03. The van der Waals surface area contributed by atoms with Crippen LogP contribution in [-0.2, 0) is 0 Å². The van der Waals surface area contributed by atoms with Gasteiger partial charge in [0.25, 0.3) is 5.91 Å². The van der Waals surface area contributed by atoms with Crippen LogP contribution >= 0.6 is 35.4 Å². The van der Waals surface area contributed by atoms with Crippen molar-refractivity contribution in [3.8, 4) is 5.75 Å². The zero-order valence-electron chi connectivity index (χ0n) is 13.4. The van der Waals surface area contributed by atoms with E-state index in [1.807, 2.05) is 32.0 Å². The average molecular weight is 383 g/mol. The molecule has 126 valence electrons. The third-order valence-electron chi connectivity index (χ3n) is 3.40. The monoisotopic (exact) mass is 382 g/mol. The molecule has 0 bridgehead atoms. The Labute approximate surface area is 156 Å². The van der Waals surface area contributed by atoms with E-state index in [1.54, 1.807) is 0 Å². The summed E-state index contributed by atoms with van der Waals surface area (Å²) >= 11 is 17.2. The number of halogens is 2. The molecule has 0 unspecified atom stereocenters. The van der Waals surface area contributed by atoms with Crippen molar-refractivity contribution in [1.29, 1.82) is 0 Å². The predicted octanol–water partition coefficient (Wildman–Crippen LogP) is 4.75. The Morgan fingerprint density at radius 3 is 2.38 bits per heavy atom. The van der Waals surface area contributed by atoms with Gasteiger partial charge in [-0.25, -0.2) is 0 Å². The molecule has 0 atom stereocenters. The number of benzene rings is 2. The van der Waals surface area contributed by atoms with Crippen LogP contribution in [0.25, 0.3) is 0 Å². The lowest BCUT2D eigenvalue weighted by Gasteiger charge is -2.15. The van der Waals surface area contributed by atoms with Gasteiger partial charge in [-0.05, 0) is 49.3 Å². The lowest BCUT2D eigenvalue weighted by Crippen LogP contribution is -2.34. The molecule has 2 N–H and O–H groups in total. The topological polar surface area (TPSA) is 50.4 Å². The van der Waals surface area contributed by atoms with E-state index < -0.39 is 5.91 Å². The number of rotatable bonds is 3. The minimum Gasteiger partial charge on any atom is -0.494 e. The van der Waals surface area contributed by atoms with E-state index in [0.29, 0.717) is 5.02 Å². The lowest BCUT2D eigenvalue weighted by atomic mass is 10.1. The first-order valence-corrected chi connectivity index (χ1v) is 8.21. The third kappa shape index (κ3) is 4.17. The summed E-state index contributed by atoms with van der Waals surface area (Å²) in [6.45, 7) is 3.92. The van der Waals surface area contributed by atoms with Gasteiger partial charge in [0.05, 0.1) is 17.7 Å². The second-order valence-corrected chi connectivity index (χ2v) is 6.40. The number of para-hydroxylation sites is 1. The van der Waals surface area contributed by atoms with Gasteiger partial charge in [-0.2, -0.15) is 0 Å². The maximum absolute atomic E-state index is 12.5. The minimum atomic E-state index is -0.458. The summed E-state index contributed by atoms with van der Waals surface area (Å²) in [7, 11) is 1.43. The summed E-state index contributed by atoms with van der Waals surface area (Å²) in [6.07, 6.45) is 0. The first kappa shape index (κ1) is 18.5. The molecule has 0 heterocycles. The Morgan fingerprint density at radius 2 is 1.79 bits per heavy atom. The van der Waals surface area contributed by atoms with Crippen LogP contribution in [0, 0.1) is 13.8 Å². The fourth-order valence-electron chi connectivity index (χ4n) is 2.26. The number of carbonyl (C=O) groups excluding carboxylic acids is 1. The summed E-state index contributed by atoms with van der Waals surface area (Å²) in [5, 5.41) is 6.41. The first-order chi connectivity index (χ1) is 11.3. The number of hydrogen-bond acceptors (Lipinski definition) is 3. The molecule has 4 nitrogen and oxygen atoms in total. The zero-order chi connectivity index (χ0) is 17.9. The number of amides is 1. The Balaban J connectivity index is 2.20. The highest BCUT2D eigenvalue weighted by Gasteiger charge is 2.18. The molecule has 2 rings (SSSR count). The number of ether oxygens (including phenoxy) is 1. The van der Waals surface area contributed by atoms with Crippen LogP contribution < -0.4 is 15.4 Å². The van der Waals surface area contributed by atoms with Crippen molar-refractivity contribution in [2.75, 3.05) is 12.4 Å². The van der Waals surface area contributed by atoms with E-state index in [9.17, 15) is 4.79 Å². The Bertz CT molecular complexity index is 789. The summed E-state index contributed by atoms with van der Waals surface area (Å²) in [6, 6.07) is 8.85. The van der Waals surface area contributed by atoms with Gasteiger partial charge in [-0.3, -0.25) is 10.1 Å². The molecule has 2 aromatic rings. The molecule has 0 aliphatic heterocycles. The van der Waals surface area contributed by atoms with Gasteiger partial charge in [-0.1, -0.05) is 41.4 Å². The summed E-state index contributed by atoms with van der Waals surface area (Å²) < 4.78 is 5.18. The Morgan fingerprint density at radius 1 is 1.17 bits per heavy atom. The van der Waals surface area contributed by atoms with E-state index in [0.717, 1.165) is 16.8 Å². The molecule has 0 aliphatic carbocycles. The van der Waals surface area contributed by atoms with E-state index in [4.69, 9.17) is 40.2 Å². The highest BCUT2D eigenvalue weighted by Crippen LogP contribution is 2.32. The van der Waals surface area contributed by atoms with Crippen molar-refractivity contribution in [3.63, 3.8) is 0 Å². The number of aryl methyl sites for hydroxylation is 2. The highest BCUT2D eigenvalue weighted by molar-refractivity contribution is 7.80. The molecule has 0 spiro atoms. The molecular formula is C17H16Cl2N2O2S. The van der Waals surface area contributed by atoms with Crippen LogP contribution in [-0.4, -0.2) is 18.1 Å². The van der Waals surface area contributed by atoms with Gasteiger partial charge in [0.15, 0.2) is 5.11 Å². The third-order valence-corrected chi connectivity index (χ3v) is 4.11. The summed E-state index contributed by atoms with van der Waals surface area (Å²) in [4.78, 5) is 12.5. The van der Waals surface area contributed by atoms with Gasteiger partial charge in [0.1, 0.15) is 5.75 Å². The van der Waals surface area contributed by atoms with Crippen LogP contribution in [0.4, 0.5) is 5.69 Å². The molecule has 0 radical (unpaired) electrons. The number of anilines is 1. The smallest absolute Gasteiger partial charge is 0.261 e. The Kier molecular flexibility index (Phi) is 6.04. The van der Waals surface area contributed by atoms with Crippen LogP contribution in [0.3, 0.4) is 0 Å². The second kappa shape index (κ2) is 7.83. The first-order valence-electron chi connectivity index (χ1n) is 7.05. The summed E-state index contributed by atoms with van der Waals surface area (Å²) in [5.41, 5.74) is 3.12. The molecule has 0 saturated carbocycles. The van der Waals surface area contributed by atoms with Gasteiger partial charge in [-0.15, -0.1) is 0 Å². The Hall–Kier alpha value is -1.82. The molecule has 0 fully saturated rings. The number of nitrogens with one attached hydrogen (secondary N) is 2. The highest BCUT2D eigenvalue weighted by atomic mass is 35.5.